The molecule has 2 aliphatic rings. The predicted molar refractivity (Wildman–Crippen MR) is 146 cm³/mol. The molecule has 8 heteroatoms. The second-order valence-electron chi connectivity index (χ2n) is 10.6. The van der Waals surface area contributed by atoms with Gasteiger partial charge in [0.05, 0.1) is 19.8 Å². The van der Waals surface area contributed by atoms with Crippen molar-refractivity contribution in [3.63, 3.8) is 0 Å². The fraction of sp³-hybridized carbons (Fsp3) is 0.724. The lowest BCUT2D eigenvalue weighted by Gasteiger charge is -2.38. The van der Waals surface area contributed by atoms with Gasteiger partial charge in [0.15, 0.2) is 0 Å². The Labute approximate surface area is 227 Å². The quantitative estimate of drug-likeness (QED) is 0.335. The van der Waals surface area contributed by atoms with E-state index in [2.05, 4.69) is 23.9 Å². The van der Waals surface area contributed by atoms with Crippen LogP contribution in [0.4, 0.5) is 4.79 Å². The molecule has 0 aliphatic carbocycles. The van der Waals surface area contributed by atoms with Crippen molar-refractivity contribution in [2.45, 2.75) is 71.3 Å². The summed E-state index contributed by atoms with van der Waals surface area (Å²) in [6.45, 7) is 8.23. The number of halogens is 1. The minimum atomic E-state index is -0.477. The smallest absolute Gasteiger partial charge is 0.406 e. The highest BCUT2D eigenvalue weighted by Gasteiger charge is 2.32. The molecule has 7 nitrogen and oxygen atoms in total. The second-order valence-corrected chi connectivity index (χ2v) is 11.0. The Hall–Kier alpha value is -1.83. The van der Waals surface area contributed by atoms with Crippen molar-refractivity contribution in [3.8, 4) is 0 Å². The summed E-state index contributed by atoms with van der Waals surface area (Å²) in [5.74, 6) is 1.62. The third-order valence-electron chi connectivity index (χ3n) is 7.91. The van der Waals surface area contributed by atoms with Crippen molar-refractivity contribution in [2.24, 2.45) is 17.8 Å². The lowest BCUT2D eigenvalue weighted by molar-refractivity contribution is -0.135. The van der Waals surface area contributed by atoms with Gasteiger partial charge >= 0.3 is 6.09 Å². The van der Waals surface area contributed by atoms with Gasteiger partial charge < -0.3 is 24.4 Å². The van der Waals surface area contributed by atoms with E-state index in [-0.39, 0.29) is 17.9 Å². The van der Waals surface area contributed by atoms with E-state index in [1.165, 1.54) is 13.5 Å². The number of aryl methyl sites for hydroxylation is 1. The fourth-order valence-corrected chi connectivity index (χ4v) is 5.91. The number of methoxy groups -OCH3 is 1. The first-order chi connectivity index (χ1) is 17.9. The van der Waals surface area contributed by atoms with Gasteiger partial charge in [0.25, 0.3) is 0 Å². The topological polar surface area (TPSA) is 77.1 Å². The number of nitrogens with one attached hydrogen (secondary N) is 1. The van der Waals surface area contributed by atoms with Crippen molar-refractivity contribution in [1.29, 1.82) is 0 Å². The number of hydrogen-bond donors (Lipinski definition) is 1. The molecule has 208 valence electrons. The standard InChI is InChI=1S/C29H45ClN2O5/c1-4-22(17-23-7-6-15-36-20-23)10-12-27(33)32-14-5-8-24(19-32)28(37-16-13-31-29(34)35-3)26-18-25(30)11-9-21(26)2/h9,11,18,22-24,28H,4-8,10,12-17,19-20H2,1-3H3,(H,31,34)/t22-,23-,24-,28-/m1/s1. The summed E-state index contributed by atoms with van der Waals surface area (Å²) >= 11 is 6.35. The summed E-state index contributed by atoms with van der Waals surface area (Å²) in [5.41, 5.74) is 2.15. The Morgan fingerprint density at radius 1 is 1.27 bits per heavy atom. The van der Waals surface area contributed by atoms with Crippen LogP contribution in [0.3, 0.4) is 0 Å². The van der Waals surface area contributed by atoms with E-state index in [0.717, 1.165) is 69.4 Å². The van der Waals surface area contributed by atoms with Crippen LogP contribution in [0.15, 0.2) is 18.2 Å². The molecule has 2 saturated heterocycles. The van der Waals surface area contributed by atoms with Crippen LogP contribution in [0.5, 0.6) is 0 Å². The third kappa shape index (κ3) is 9.45. The Balaban J connectivity index is 1.60. The van der Waals surface area contributed by atoms with Gasteiger partial charge in [-0.1, -0.05) is 31.0 Å². The Morgan fingerprint density at radius 3 is 2.84 bits per heavy atom. The van der Waals surface area contributed by atoms with Crippen LogP contribution in [0.1, 0.15) is 75.5 Å². The van der Waals surface area contributed by atoms with Gasteiger partial charge in [0, 0.05) is 50.2 Å². The van der Waals surface area contributed by atoms with Crippen molar-refractivity contribution >= 4 is 23.6 Å². The molecule has 2 amide bonds. The Morgan fingerprint density at radius 2 is 2.11 bits per heavy atom. The van der Waals surface area contributed by atoms with E-state index in [1.54, 1.807) is 0 Å². The predicted octanol–water partition coefficient (Wildman–Crippen LogP) is 5.92. The number of ether oxygens (including phenoxy) is 3. The number of nitrogens with zero attached hydrogens (tertiary/aromatic N) is 1. The zero-order valence-electron chi connectivity index (χ0n) is 22.8. The minimum Gasteiger partial charge on any atom is -0.453 e. The van der Waals surface area contributed by atoms with E-state index >= 15 is 0 Å². The molecule has 0 bridgehead atoms. The van der Waals surface area contributed by atoms with Gasteiger partial charge in [-0.25, -0.2) is 4.79 Å². The molecule has 4 atom stereocenters. The Bertz CT molecular complexity index is 861. The third-order valence-corrected chi connectivity index (χ3v) is 8.14. The first kappa shape index (κ1) is 29.7. The van der Waals surface area contributed by atoms with Crippen LogP contribution in [0.25, 0.3) is 0 Å². The van der Waals surface area contributed by atoms with Crippen LogP contribution >= 0.6 is 11.6 Å². The summed E-state index contributed by atoms with van der Waals surface area (Å²) < 4.78 is 16.7. The number of carbonyl (C=O) groups excluding carboxylic acids is 2. The maximum atomic E-state index is 13.3. The van der Waals surface area contributed by atoms with Crippen LogP contribution in [-0.2, 0) is 19.0 Å². The lowest BCUT2D eigenvalue weighted by Crippen LogP contribution is -2.42. The number of alkyl carbamates (subject to hydrolysis) is 1. The van der Waals surface area contributed by atoms with Gasteiger partial charge in [0.2, 0.25) is 5.91 Å². The molecule has 2 fully saturated rings. The van der Waals surface area contributed by atoms with E-state index in [0.29, 0.717) is 43.0 Å². The number of carbonyl (C=O) groups is 2. The van der Waals surface area contributed by atoms with Crippen LogP contribution in [0, 0.1) is 24.7 Å². The van der Waals surface area contributed by atoms with Gasteiger partial charge in [0.1, 0.15) is 0 Å². The monoisotopic (exact) mass is 536 g/mol. The summed E-state index contributed by atoms with van der Waals surface area (Å²) in [7, 11) is 1.34. The molecule has 0 aromatic heterocycles. The molecular weight excluding hydrogens is 492 g/mol. The SMILES string of the molecule is CC[C@H](CCC(=O)N1CCC[C@@H]([C@@H](OCCNC(=O)OC)c2cc(Cl)ccc2C)C1)C[C@H]1CCCOC1. The average molecular weight is 537 g/mol. The largest absolute Gasteiger partial charge is 0.453 e. The fourth-order valence-electron chi connectivity index (χ4n) is 5.73. The molecule has 0 radical (unpaired) electrons. The number of benzene rings is 1. The molecule has 1 N–H and O–H groups in total. The number of rotatable bonds is 12. The van der Waals surface area contributed by atoms with Gasteiger partial charge in [-0.05, 0) is 80.5 Å². The van der Waals surface area contributed by atoms with Crippen LogP contribution < -0.4 is 5.32 Å². The summed E-state index contributed by atoms with van der Waals surface area (Å²) in [5, 5.41) is 3.34. The number of amides is 2. The zero-order chi connectivity index (χ0) is 26.6. The normalized spacial score (nSPS) is 21.8. The molecule has 0 spiro atoms. The van der Waals surface area contributed by atoms with E-state index < -0.39 is 6.09 Å². The Kier molecular flexibility index (Phi) is 12.5. The van der Waals surface area contributed by atoms with Crippen molar-refractivity contribution < 1.29 is 23.8 Å². The lowest BCUT2D eigenvalue weighted by atomic mass is 9.85. The van der Waals surface area contributed by atoms with Crippen molar-refractivity contribution in [2.75, 3.05) is 46.6 Å². The summed E-state index contributed by atoms with van der Waals surface area (Å²) in [6.07, 6.45) is 7.46. The molecule has 3 rings (SSSR count). The molecule has 1 aromatic rings. The summed E-state index contributed by atoms with van der Waals surface area (Å²) in [6, 6.07) is 5.86. The van der Waals surface area contributed by atoms with Crippen LogP contribution in [0.2, 0.25) is 5.02 Å². The highest BCUT2D eigenvalue weighted by molar-refractivity contribution is 6.30. The molecule has 0 saturated carbocycles. The zero-order valence-corrected chi connectivity index (χ0v) is 23.6. The van der Waals surface area contributed by atoms with Crippen molar-refractivity contribution in [1.82, 2.24) is 10.2 Å². The van der Waals surface area contributed by atoms with E-state index in [1.807, 2.05) is 23.1 Å². The maximum Gasteiger partial charge on any atom is 0.406 e. The molecule has 0 unspecified atom stereocenters. The number of piperidine rings is 1. The number of hydrogen-bond acceptors (Lipinski definition) is 5. The number of likely N-dealkylation sites (tertiary alicyclic amines) is 1. The summed E-state index contributed by atoms with van der Waals surface area (Å²) in [4.78, 5) is 26.7. The molecule has 1 aromatic carbocycles. The molecule has 2 aliphatic heterocycles. The molecule has 2 heterocycles. The van der Waals surface area contributed by atoms with Crippen LogP contribution in [-0.4, -0.2) is 63.5 Å². The van der Waals surface area contributed by atoms with E-state index in [9.17, 15) is 9.59 Å². The van der Waals surface area contributed by atoms with Gasteiger partial charge in [-0.3, -0.25) is 4.79 Å². The first-order valence-corrected chi connectivity index (χ1v) is 14.3. The van der Waals surface area contributed by atoms with Gasteiger partial charge in [-0.15, -0.1) is 0 Å². The maximum absolute atomic E-state index is 13.3. The molecular formula is C29H45ClN2O5. The van der Waals surface area contributed by atoms with E-state index in [4.69, 9.17) is 21.1 Å². The second kappa shape index (κ2) is 15.6. The average Bonchev–Trinajstić information content (AvgIpc) is 2.92. The first-order valence-electron chi connectivity index (χ1n) is 14.0. The minimum absolute atomic E-state index is 0.161. The van der Waals surface area contributed by atoms with Gasteiger partial charge in [-0.2, -0.15) is 0 Å². The van der Waals surface area contributed by atoms with Crippen molar-refractivity contribution in [3.05, 3.63) is 34.3 Å². The molecule has 37 heavy (non-hydrogen) atoms. The highest BCUT2D eigenvalue weighted by Crippen LogP contribution is 2.36. The highest BCUT2D eigenvalue weighted by atomic mass is 35.5.